The second kappa shape index (κ2) is 37.9. The summed E-state index contributed by atoms with van der Waals surface area (Å²) in [5.74, 6) is -11.6. The highest BCUT2D eigenvalue weighted by molar-refractivity contribution is 6.21. The maximum absolute atomic E-state index is 15.8. The van der Waals surface area contributed by atoms with Gasteiger partial charge in [-0.15, -0.1) is 11.6 Å². The SMILES string of the molecule is CC[C@H](C)[C@@H]1NC(=O)[C@H](CC(C)C)N(C)C(=O)C[C@@H](C(=O)N2CCCCC2)N(C)C(=O)[C@H](C2CCCCC2)N(C)C(=O)C2(CCCC2)NC(=O)[C@@H](CO)N(C)C(=O)[C@H](CCC2CCC(C(F)(F)F)C(Cl)C2)NC(=O)CN(C)C(=O)[C@H](CC2CCCCC2)N(C)C(=O)CN(C)C(=O)CN(C)C1=O. The molecule has 4 N–H and O–H groups in total. The number of alkyl halides is 4. The first-order valence-electron chi connectivity index (χ1n) is 37.2. The summed E-state index contributed by atoms with van der Waals surface area (Å²) in [6.07, 6.45) is 6.28. The van der Waals surface area contributed by atoms with Crippen molar-refractivity contribution in [1.29, 1.82) is 0 Å². The molecule has 6 rings (SSSR count). The Hall–Kier alpha value is -6.32. The number of likely N-dealkylation sites (tertiary alicyclic amines) is 1. The van der Waals surface area contributed by atoms with Crippen LogP contribution in [0, 0.1) is 35.5 Å². The predicted molar refractivity (Wildman–Crippen MR) is 373 cm³/mol. The molecule has 1 spiro atoms. The van der Waals surface area contributed by atoms with Crippen molar-refractivity contribution in [2.24, 2.45) is 35.5 Å². The number of piperidine rings is 1. The van der Waals surface area contributed by atoms with Gasteiger partial charge < -0.3 is 65.2 Å². The molecule has 101 heavy (non-hydrogen) atoms. The Labute approximate surface area is 601 Å². The number of hydrogen-bond acceptors (Lipinski definition) is 13. The average molecular weight is 1450 g/mol. The zero-order chi connectivity index (χ0) is 75.0. The number of nitrogens with zero attached hydrogens (tertiary/aromatic N) is 9. The fraction of sp³-hybridized carbons (Fsp3) is 0.833. The van der Waals surface area contributed by atoms with Gasteiger partial charge >= 0.3 is 6.18 Å². The van der Waals surface area contributed by atoms with Gasteiger partial charge in [0, 0.05) is 74.8 Å². The van der Waals surface area contributed by atoms with E-state index in [0.717, 1.165) is 77.4 Å². The zero-order valence-corrected chi connectivity index (χ0v) is 62.8. The largest absolute Gasteiger partial charge is 0.394 e. The summed E-state index contributed by atoms with van der Waals surface area (Å²) in [5, 5.41) is 18.4. The molecule has 0 aromatic carbocycles. The van der Waals surface area contributed by atoms with Crippen molar-refractivity contribution < 1.29 is 75.8 Å². The number of aliphatic hydroxyl groups excluding tert-OH is 1. The van der Waals surface area contributed by atoms with Crippen LogP contribution in [0.1, 0.15) is 195 Å². The van der Waals surface area contributed by atoms with Gasteiger partial charge in [0.05, 0.1) is 38.6 Å². The summed E-state index contributed by atoms with van der Waals surface area (Å²) in [6, 6.07) is -9.39. The Balaban J connectivity index is 1.43. The van der Waals surface area contributed by atoms with E-state index in [4.69, 9.17) is 11.6 Å². The molecule has 4 saturated carbocycles. The van der Waals surface area contributed by atoms with Crippen LogP contribution >= 0.6 is 11.6 Å². The lowest BCUT2D eigenvalue weighted by atomic mass is 9.78. The topological polar surface area (TPSA) is 290 Å². The van der Waals surface area contributed by atoms with Gasteiger partial charge in [-0.2, -0.15) is 13.2 Å². The summed E-state index contributed by atoms with van der Waals surface area (Å²) < 4.78 is 42.0. The Bertz CT molecular complexity index is 2890. The molecule has 2 heterocycles. The third kappa shape index (κ3) is 21.9. The van der Waals surface area contributed by atoms with E-state index >= 15 is 24.0 Å². The Kier molecular flexibility index (Phi) is 31.4. The van der Waals surface area contributed by atoms with Gasteiger partial charge in [-0.05, 0) is 119 Å². The lowest BCUT2D eigenvalue weighted by Crippen LogP contribution is -2.66. The number of halogens is 4. The van der Waals surface area contributed by atoms with Crippen molar-refractivity contribution >= 4 is 82.5 Å². The van der Waals surface area contributed by atoms with Crippen molar-refractivity contribution in [1.82, 2.24) is 60.0 Å². The first-order valence-corrected chi connectivity index (χ1v) is 37.6. The molecule has 2 aliphatic heterocycles. The number of likely N-dealkylation sites (N-methyl/N-ethyl adjacent to an activating group) is 8. The highest BCUT2D eigenvalue weighted by atomic mass is 35.5. The van der Waals surface area contributed by atoms with Gasteiger partial charge in [0.2, 0.25) is 70.9 Å². The average Bonchev–Trinajstić information content (AvgIpc) is 1.77. The van der Waals surface area contributed by atoms with Gasteiger partial charge in [-0.3, -0.25) is 57.5 Å². The van der Waals surface area contributed by atoms with Gasteiger partial charge in [-0.1, -0.05) is 98.3 Å². The standard InChI is InChI=1S/C72H118ClF3N12O13/c1-13-46(4)61-68(99)82(7)42-59(92)80(5)43-60(93)84(9)54(39-47-25-17-14-18-26-47)66(97)81(6)41-57(90)77-52(32-30-48-29-31-50(51(73)38-48)72(74,75)76)65(96)86(11)56(44-89)64(95)79-71(33-21-22-34-71)70(101)87(12)62(49-27-19-15-20-28-49)69(100)85(10)55(67(98)88-35-23-16-24-36-88)40-58(91)83(8)53(37-45(2)3)63(94)78-61/h45-56,61-62,89H,13-44H2,1-12H3,(H,77,90)(H,78,94)(H,79,95)/t46-,48?,50?,51?,52-,53-,54-,55-,56+,61-,62-/m0/s1. The number of nitrogens with one attached hydrogen (secondary N) is 3. The molecular weight excluding hydrogens is 1330 g/mol. The smallest absolute Gasteiger partial charge is 0.393 e. The highest BCUT2D eigenvalue weighted by Crippen LogP contribution is 2.44. The molecule has 0 bridgehead atoms. The van der Waals surface area contributed by atoms with Gasteiger partial charge in [0.1, 0.15) is 47.8 Å². The van der Waals surface area contributed by atoms with E-state index in [2.05, 4.69) is 16.0 Å². The van der Waals surface area contributed by atoms with Crippen LogP contribution in [-0.2, 0) is 57.5 Å². The van der Waals surface area contributed by atoms with Crippen molar-refractivity contribution in [2.75, 3.05) is 95.7 Å². The molecule has 0 aromatic heterocycles. The van der Waals surface area contributed by atoms with E-state index in [1.807, 2.05) is 20.8 Å². The normalized spacial score (nSPS) is 29.4. The van der Waals surface area contributed by atoms with Gasteiger partial charge in [0.25, 0.3) is 0 Å². The van der Waals surface area contributed by atoms with E-state index < -0.39 is 187 Å². The molecule has 0 aromatic rings. The molecular formula is C72H118ClF3N12O13. The van der Waals surface area contributed by atoms with Crippen molar-refractivity contribution in [3.05, 3.63) is 0 Å². The van der Waals surface area contributed by atoms with E-state index in [1.165, 1.54) is 76.0 Å². The Morgan fingerprint density at radius 1 is 0.584 bits per heavy atom. The third-order valence-electron chi connectivity index (χ3n) is 22.9. The van der Waals surface area contributed by atoms with Crippen molar-refractivity contribution in [2.45, 2.75) is 254 Å². The van der Waals surface area contributed by atoms with E-state index in [1.54, 1.807) is 11.8 Å². The second-order valence-electron chi connectivity index (χ2n) is 30.7. The molecule has 12 amide bonds. The van der Waals surface area contributed by atoms with Gasteiger partial charge in [-0.25, -0.2) is 0 Å². The maximum atomic E-state index is 15.8. The second-order valence-corrected chi connectivity index (χ2v) is 31.3. The van der Waals surface area contributed by atoms with Gasteiger partial charge in [0.15, 0.2) is 0 Å². The first-order chi connectivity index (χ1) is 47.6. The van der Waals surface area contributed by atoms with Crippen LogP contribution in [0.15, 0.2) is 0 Å². The molecule has 29 heteroatoms. The lowest BCUT2D eigenvalue weighted by Gasteiger charge is -2.43. The number of aliphatic hydroxyl groups is 1. The molecule has 4 aliphatic carbocycles. The number of rotatable bonds is 12. The van der Waals surface area contributed by atoms with Crippen LogP contribution in [0.4, 0.5) is 13.2 Å². The number of hydrogen-bond donors (Lipinski definition) is 4. The lowest BCUT2D eigenvalue weighted by molar-refractivity contribution is -0.182. The molecule has 3 unspecified atom stereocenters. The molecule has 0 radical (unpaired) electrons. The monoisotopic (exact) mass is 1450 g/mol. The quantitative estimate of drug-likeness (QED) is 0.180. The van der Waals surface area contributed by atoms with Crippen molar-refractivity contribution in [3.63, 3.8) is 0 Å². The minimum atomic E-state index is -4.54. The Morgan fingerprint density at radius 3 is 1.73 bits per heavy atom. The molecule has 11 atom stereocenters. The van der Waals surface area contributed by atoms with E-state index in [9.17, 15) is 51.8 Å². The summed E-state index contributed by atoms with van der Waals surface area (Å²) in [5.41, 5.74) is -1.69. The summed E-state index contributed by atoms with van der Waals surface area (Å²) in [7, 11) is 11.1. The first kappa shape index (κ1) is 83.6. The summed E-state index contributed by atoms with van der Waals surface area (Å²) in [6.45, 7) is 5.34. The highest BCUT2D eigenvalue weighted by Gasteiger charge is 2.52. The molecule has 25 nitrogen and oxygen atoms in total. The number of carbonyl (C=O) groups is 12. The van der Waals surface area contributed by atoms with E-state index in [0.29, 0.717) is 58.0 Å². The van der Waals surface area contributed by atoms with Crippen LogP contribution in [0.25, 0.3) is 0 Å². The fourth-order valence-electron chi connectivity index (χ4n) is 16.1. The third-order valence-corrected chi connectivity index (χ3v) is 23.4. The Morgan fingerprint density at radius 2 is 1.16 bits per heavy atom. The van der Waals surface area contributed by atoms with Crippen molar-refractivity contribution in [3.8, 4) is 0 Å². The number of amides is 12. The summed E-state index contributed by atoms with van der Waals surface area (Å²) >= 11 is 6.37. The van der Waals surface area contributed by atoms with Crippen LogP contribution in [0.3, 0.4) is 0 Å². The fourth-order valence-corrected chi connectivity index (χ4v) is 16.6. The summed E-state index contributed by atoms with van der Waals surface area (Å²) in [4.78, 5) is 190. The minimum absolute atomic E-state index is 0.00753. The predicted octanol–water partition coefficient (Wildman–Crippen LogP) is 5.31. The van der Waals surface area contributed by atoms with Crippen LogP contribution in [0.2, 0.25) is 0 Å². The maximum Gasteiger partial charge on any atom is 0.393 e. The van der Waals surface area contributed by atoms with Crippen LogP contribution < -0.4 is 16.0 Å². The van der Waals surface area contributed by atoms with E-state index in [-0.39, 0.29) is 69.6 Å². The van der Waals surface area contributed by atoms with Crippen LogP contribution in [-0.4, -0.2) is 275 Å². The molecule has 572 valence electrons. The zero-order valence-electron chi connectivity index (χ0n) is 62.1. The number of carbonyl (C=O) groups excluding carboxylic acids is 12. The molecule has 6 fully saturated rings. The van der Waals surface area contributed by atoms with Crippen LogP contribution in [0.5, 0.6) is 0 Å². The molecule has 6 aliphatic rings. The minimum Gasteiger partial charge on any atom is -0.394 e. The molecule has 2 saturated heterocycles.